The van der Waals surface area contributed by atoms with Gasteiger partial charge in [-0.2, -0.15) is 0 Å². The topological polar surface area (TPSA) is 65.7 Å². The largest absolute Gasteiger partial charge is 0.382 e. The molecule has 0 aromatic carbocycles. The molecule has 0 aliphatic carbocycles. The molecule has 1 amide bonds. The summed E-state index contributed by atoms with van der Waals surface area (Å²) in [7, 11) is 7.75. The molecule has 2 N–H and O–H groups in total. The van der Waals surface area contributed by atoms with E-state index in [0.29, 0.717) is 10.7 Å². The fraction of sp³-hybridized carbons (Fsp3) is 0.692. The summed E-state index contributed by atoms with van der Waals surface area (Å²) in [6, 6.07) is 0.255. The number of nitrogens with two attached hydrogens (primary N) is 1. The van der Waals surface area contributed by atoms with E-state index in [2.05, 4.69) is 16.9 Å². The van der Waals surface area contributed by atoms with Gasteiger partial charge in [0, 0.05) is 33.7 Å². The van der Waals surface area contributed by atoms with Crippen LogP contribution in [0.15, 0.2) is 0 Å². The third-order valence-corrected chi connectivity index (χ3v) is 4.91. The molecule has 1 aromatic rings. The number of carbonyl (C=O) groups is 1. The summed E-state index contributed by atoms with van der Waals surface area (Å²) in [6.45, 7) is 2.02. The zero-order chi connectivity index (χ0) is 14.9. The Morgan fingerprint density at radius 3 is 2.70 bits per heavy atom. The second kappa shape index (κ2) is 5.97. The second-order valence-electron chi connectivity index (χ2n) is 5.58. The number of nitrogens with zero attached hydrogens (tertiary/aromatic N) is 4. The first-order chi connectivity index (χ1) is 9.40. The van der Waals surface area contributed by atoms with E-state index in [9.17, 15) is 4.79 Å². The summed E-state index contributed by atoms with van der Waals surface area (Å²) < 4.78 is 0. The van der Waals surface area contributed by atoms with Crippen molar-refractivity contribution in [1.82, 2.24) is 14.8 Å². The summed E-state index contributed by atoms with van der Waals surface area (Å²) in [5.41, 5.74) is 5.89. The summed E-state index contributed by atoms with van der Waals surface area (Å²) in [5.74, 6) is 0.313. The third-order valence-electron chi connectivity index (χ3n) is 3.69. The van der Waals surface area contributed by atoms with Gasteiger partial charge in [0.1, 0.15) is 10.7 Å². The number of likely N-dealkylation sites (N-methyl/N-ethyl adjacent to an activating group) is 2. The fourth-order valence-corrected chi connectivity index (χ4v) is 3.34. The predicted octanol–water partition coefficient (Wildman–Crippen LogP) is 0.958. The van der Waals surface area contributed by atoms with E-state index >= 15 is 0 Å². The van der Waals surface area contributed by atoms with Crippen molar-refractivity contribution in [1.29, 1.82) is 0 Å². The number of carbonyl (C=O) groups excluding carboxylic acids is 1. The first kappa shape index (κ1) is 15.1. The molecule has 0 spiro atoms. The normalized spacial score (nSPS) is 19.9. The number of anilines is 2. The third kappa shape index (κ3) is 3.04. The molecule has 0 bridgehead atoms. The summed E-state index contributed by atoms with van der Waals surface area (Å²) in [4.78, 5) is 23.3. The highest BCUT2D eigenvalue weighted by molar-refractivity contribution is 7.18. The van der Waals surface area contributed by atoms with Crippen LogP contribution in [-0.4, -0.2) is 68.0 Å². The number of piperidine rings is 1. The molecule has 1 saturated heterocycles. The van der Waals surface area contributed by atoms with E-state index in [4.69, 9.17) is 5.73 Å². The Labute approximate surface area is 124 Å². The molecule has 20 heavy (non-hydrogen) atoms. The number of thiazole rings is 1. The van der Waals surface area contributed by atoms with Crippen LogP contribution in [0, 0.1) is 0 Å². The van der Waals surface area contributed by atoms with E-state index in [1.807, 2.05) is 30.9 Å². The minimum Gasteiger partial charge on any atom is -0.382 e. The van der Waals surface area contributed by atoms with Gasteiger partial charge in [-0.1, -0.05) is 11.3 Å². The smallest absolute Gasteiger partial charge is 0.267 e. The van der Waals surface area contributed by atoms with Gasteiger partial charge >= 0.3 is 0 Å². The van der Waals surface area contributed by atoms with Gasteiger partial charge in [-0.3, -0.25) is 4.79 Å². The summed E-state index contributed by atoms with van der Waals surface area (Å²) >= 11 is 1.35. The first-order valence-corrected chi connectivity index (χ1v) is 7.61. The van der Waals surface area contributed by atoms with Gasteiger partial charge in [-0.05, 0) is 26.4 Å². The van der Waals surface area contributed by atoms with Gasteiger partial charge in [0.25, 0.3) is 5.91 Å². The van der Waals surface area contributed by atoms with Crippen molar-refractivity contribution in [3.05, 3.63) is 4.88 Å². The van der Waals surface area contributed by atoms with Crippen LogP contribution in [0.5, 0.6) is 0 Å². The molecule has 1 atom stereocenters. The average molecular weight is 297 g/mol. The van der Waals surface area contributed by atoms with Gasteiger partial charge in [-0.25, -0.2) is 4.98 Å². The molecular formula is C13H23N5OS. The lowest BCUT2D eigenvalue weighted by Gasteiger charge is -2.35. The highest BCUT2D eigenvalue weighted by Gasteiger charge is 2.28. The van der Waals surface area contributed by atoms with E-state index < -0.39 is 0 Å². The van der Waals surface area contributed by atoms with Crippen LogP contribution >= 0.6 is 11.3 Å². The maximum absolute atomic E-state index is 12.6. The Kier molecular flexibility index (Phi) is 4.49. The van der Waals surface area contributed by atoms with Gasteiger partial charge in [-0.15, -0.1) is 0 Å². The van der Waals surface area contributed by atoms with Crippen LogP contribution in [0.2, 0.25) is 0 Å². The lowest BCUT2D eigenvalue weighted by Crippen LogP contribution is -2.47. The molecule has 112 valence electrons. The number of likely N-dealkylation sites (tertiary alicyclic amines) is 1. The van der Waals surface area contributed by atoms with Gasteiger partial charge in [0.15, 0.2) is 5.13 Å². The Hall–Kier alpha value is -1.34. The monoisotopic (exact) mass is 297 g/mol. The Morgan fingerprint density at radius 1 is 1.45 bits per heavy atom. The van der Waals surface area contributed by atoms with Crippen molar-refractivity contribution >= 4 is 28.2 Å². The van der Waals surface area contributed by atoms with Crippen molar-refractivity contribution in [3.63, 3.8) is 0 Å². The van der Waals surface area contributed by atoms with Crippen LogP contribution in [0.1, 0.15) is 22.5 Å². The number of hydrogen-bond acceptors (Lipinski definition) is 6. The van der Waals surface area contributed by atoms with Crippen molar-refractivity contribution < 1.29 is 4.79 Å². The maximum atomic E-state index is 12.6. The number of rotatable bonds is 3. The number of nitrogen functional groups attached to an aromatic ring is 1. The number of aromatic nitrogens is 1. The van der Waals surface area contributed by atoms with E-state index in [1.165, 1.54) is 11.3 Å². The fourth-order valence-electron chi connectivity index (χ4n) is 2.45. The highest BCUT2D eigenvalue weighted by Crippen LogP contribution is 2.28. The molecule has 1 fully saturated rings. The predicted molar refractivity (Wildman–Crippen MR) is 83.5 cm³/mol. The zero-order valence-corrected chi connectivity index (χ0v) is 13.4. The molecule has 1 aliphatic rings. The maximum Gasteiger partial charge on any atom is 0.267 e. The van der Waals surface area contributed by atoms with Crippen LogP contribution in [0.3, 0.4) is 0 Å². The number of hydrogen-bond donors (Lipinski definition) is 1. The van der Waals surface area contributed by atoms with Crippen LogP contribution < -0.4 is 10.6 Å². The Bertz CT molecular complexity index is 487. The van der Waals surface area contributed by atoms with Crippen molar-refractivity contribution in [2.75, 3.05) is 51.9 Å². The van der Waals surface area contributed by atoms with Crippen LogP contribution in [0.25, 0.3) is 0 Å². The molecule has 1 aliphatic heterocycles. The minimum absolute atomic E-state index is 0.0200. The summed E-state index contributed by atoms with van der Waals surface area (Å²) in [6.07, 6.45) is 2.17. The quantitative estimate of drug-likeness (QED) is 0.900. The molecule has 1 unspecified atom stereocenters. The van der Waals surface area contributed by atoms with Gasteiger partial charge in [0.2, 0.25) is 0 Å². The van der Waals surface area contributed by atoms with Crippen molar-refractivity contribution in [2.24, 2.45) is 0 Å². The van der Waals surface area contributed by atoms with E-state index in [0.717, 1.165) is 31.1 Å². The average Bonchev–Trinajstić information content (AvgIpc) is 2.79. The van der Waals surface area contributed by atoms with E-state index in [1.54, 1.807) is 0 Å². The lowest BCUT2D eigenvalue weighted by atomic mass is 10.0. The van der Waals surface area contributed by atoms with E-state index in [-0.39, 0.29) is 11.9 Å². The Morgan fingerprint density at radius 2 is 2.15 bits per heavy atom. The zero-order valence-electron chi connectivity index (χ0n) is 12.6. The summed E-state index contributed by atoms with van der Waals surface area (Å²) in [5, 5.41) is 0.764. The van der Waals surface area contributed by atoms with Crippen LogP contribution in [0.4, 0.5) is 10.9 Å². The molecular weight excluding hydrogens is 274 g/mol. The molecule has 2 heterocycles. The lowest BCUT2D eigenvalue weighted by molar-refractivity contribution is 0.0649. The van der Waals surface area contributed by atoms with Crippen molar-refractivity contribution in [2.45, 2.75) is 18.9 Å². The molecule has 0 radical (unpaired) electrons. The van der Waals surface area contributed by atoms with Crippen molar-refractivity contribution in [3.8, 4) is 0 Å². The molecule has 6 nitrogen and oxygen atoms in total. The van der Waals surface area contributed by atoms with Gasteiger partial charge < -0.3 is 20.4 Å². The highest BCUT2D eigenvalue weighted by atomic mass is 32.1. The Balaban J connectivity index is 2.14. The molecule has 1 aromatic heterocycles. The van der Waals surface area contributed by atoms with Gasteiger partial charge in [0.05, 0.1) is 0 Å². The number of amides is 1. The standard InChI is InChI=1S/C13H23N5OS/c1-16(2)13-15-11(14)10(20-13)12(19)18(4)9-6-5-7-17(3)8-9/h9H,5-8,14H2,1-4H3. The molecule has 0 saturated carbocycles. The first-order valence-electron chi connectivity index (χ1n) is 6.79. The molecule has 7 heteroatoms. The van der Waals surface area contributed by atoms with Crippen LogP contribution in [-0.2, 0) is 0 Å². The SMILES string of the molecule is CN1CCCC(N(C)C(=O)c2sc(N(C)C)nc2N)C1. The second-order valence-corrected chi connectivity index (χ2v) is 6.56. The minimum atomic E-state index is -0.0200. The molecule has 2 rings (SSSR count).